The van der Waals surface area contributed by atoms with E-state index in [2.05, 4.69) is 4.98 Å². The largest absolute Gasteiger partial charge is 0.462 e. The molecule has 0 saturated heterocycles. The third kappa shape index (κ3) is 3.68. The molecule has 0 aromatic carbocycles. The first-order chi connectivity index (χ1) is 6.69. The van der Waals surface area contributed by atoms with Crippen molar-refractivity contribution in [2.45, 2.75) is 19.7 Å². The Morgan fingerprint density at radius 3 is 2.73 bits per heavy atom. The summed E-state index contributed by atoms with van der Waals surface area (Å²) in [6.07, 6.45) is 1.49. The summed E-state index contributed by atoms with van der Waals surface area (Å²) < 4.78 is 4.84. The molecule has 0 bridgehead atoms. The zero-order valence-corrected chi connectivity index (χ0v) is 10.2. The van der Waals surface area contributed by atoms with Gasteiger partial charge in [0.1, 0.15) is 0 Å². The van der Waals surface area contributed by atoms with Gasteiger partial charge >= 0.3 is 5.97 Å². The number of aryl methyl sites for hydroxylation is 1. The van der Waals surface area contributed by atoms with Crippen LogP contribution in [0, 0.1) is 6.92 Å². The number of hydrogen-bond acceptors (Lipinski definition) is 3. The van der Waals surface area contributed by atoms with Crippen LogP contribution in [0.25, 0.3) is 0 Å². The summed E-state index contributed by atoms with van der Waals surface area (Å²) in [5.74, 6) is 0.0128. The zero-order valence-electron chi connectivity index (χ0n) is 8.62. The molecule has 1 aromatic heterocycles. The molecule has 0 amide bonds. The van der Waals surface area contributed by atoms with Crippen molar-refractivity contribution < 1.29 is 9.53 Å². The van der Waals surface area contributed by atoms with E-state index in [1.54, 1.807) is 13.0 Å². The number of alkyl halides is 1. The lowest BCUT2D eigenvalue weighted by atomic mass is 10.2. The molecule has 0 N–H and O–H groups in total. The fourth-order valence-corrected chi connectivity index (χ4v) is 1.35. The maximum Gasteiger partial charge on any atom is 0.339 e. The predicted molar refractivity (Wildman–Crippen MR) is 61.7 cm³/mol. The van der Waals surface area contributed by atoms with Gasteiger partial charge in [0.15, 0.2) is 0 Å². The van der Waals surface area contributed by atoms with Crippen LogP contribution >= 0.6 is 24.0 Å². The van der Waals surface area contributed by atoms with E-state index < -0.39 is 0 Å². The van der Waals surface area contributed by atoms with Crippen LogP contribution in [0.5, 0.6) is 0 Å². The minimum absolute atomic E-state index is 0. The molecule has 0 aliphatic carbocycles. The van der Waals surface area contributed by atoms with Crippen molar-refractivity contribution in [3.63, 3.8) is 0 Å². The Balaban J connectivity index is 0.00000196. The maximum atomic E-state index is 11.3. The quantitative estimate of drug-likeness (QED) is 0.611. The van der Waals surface area contributed by atoms with E-state index in [1.807, 2.05) is 6.92 Å². The summed E-state index contributed by atoms with van der Waals surface area (Å²) in [5, 5.41) is 0. The van der Waals surface area contributed by atoms with Crippen molar-refractivity contribution in [3.05, 3.63) is 29.1 Å². The number of pyridine rings is 1. The topological polar surface area (TPSA) is 39.2 Å². The zero-order chi connectivity index (χ0) is 10.6. The first-order valence-electron chi connectivity index (χ1n) is 4.37. The van der Waals surface area contributed by atoms with E-state index in [0.29, 0.717) is 18.1 Å². The van der Waals surface area contributed by atoms with Gasteiger partial charge in [-0.3, -0.25) is 4.98 Å². The molecule has 0 atom stereocenters. The Morgan fingerprint density at radius 1 is 1.60 bits per heavy atom. The van der Waals surface area contributed by atoms with Gasteiger partial charge in [0, 0.05) is 6.20 Å². The number of carbonyl (C=O) groups excluding carboxylic acids is 1. The summed E-state index contributed by atoms with van der Waals surface area (Å²) >= 11 is 5.65. The van der Waals surface area contributed by atoms with Crippen molar-refractivity contribution in [1.82, 2.24) is 4.98 Å². The van der Waals surface area contributed by atoms with E-state index >= 15 is 0 Å². The van der Waals surface area contributed by atoms with Gasteiger partial charge in [-0.15, -0.1) is 24.0 Å². The van der Waals surface area contributed by atoms with E-state index in [0.717, 1.165) is 11.3 Å². The molecule has 1 heterocycles. The second-order valence-electron chi connectivity index (χ2n) is 2.84. The molecule has 0 aliphatic heterocycles. The fraction of sp³-hybridized carbons (Fsp3) is 0.400. The molecular weight excluding hydrogens is 237 g/mol. The molecule has 5 heteroatoms. The summed E-state index contributed by atoms with van der Waals surface area (Å²) in [5.41, 5.74) is 2.17. The third-order valence-corrected chi connectivity index (χ3v) is 2.08. The van der Waals surface area contributed by atoms with Crippen LogP contribution in [-0.2, 0) is 10.6 Å². The molecule has 1 aromatic rings. The van der Waals surface area contributed by atoms with Gasteiger partial charge in [0.05, 0.1) is 23.7 Å². The highest BCUT2D eigenvalue weighted by atomic mass is 35.5. The lowest BCUT2D eigenvalue weighted by Crippen LogP contribution is -2.06. The molecule has 0 unspecified atom stereocenters. The molecule has 0 spiro atoms. The van der Waals surface area contributed by atoms with Gasteiger partial charge < -0.3 is 4.74 Å². The standard InChI is InChI=1S/C10H12ClNO2.ClH/c1-3-14-10(13)8-4-7(2)9(5-11)12-6-8;/h4,6H,3,5H2,1-2H3;1H. The highest BCUT2D eigenvalue weighted by molar-refractivity contribution is 6.17. The lowest BCUT2D eigenvalue weighted by Gasteiger charge is -2.04. The number of ether oxygens (including phenoxy) is 1. The van der Waals surface area contributed by atoms with Crippen LogP contribution < -0.4 is 0 Å². The number of halogens is 2. The summed E-state index contributed by atoms with van der Waals surface area (Å²) in [6, 6.07) is 1.74. The monoisotopic (exact) mass is 249 g/mol. The molecule has 0 fully saturated rings. The minimum Gasteiger partial charge on any atom is -0.462 e. The van der Waals surface area contributed by atoms with Gasteiger partial charge in [-0.25, -0.2) is 4.79 Å². The number of aromatic nitrogens is 1. The van der Waals surface area contributed by atoms with Crippen molar-refractivity contribution in [2.75, 3.05) is 6.61 Å². The first-order valence-corrected chi connectivity index (χ1v) is 4.91. The number of nitrogens with zero attached hydrogens (tertiary/aromatic N) is 1. The van der Waals surface area contributed by atoms with Crippen molar-refractivity contribution >= 4 is 30.0 Å². The first kappa shape index (κ1) is 14.2. The predicted octanol–water partition coefficient (Wildman–Crippen LogP) is 2.73. The van der Waals surface area contributed by atoms with E-state index in [9.17, 15) is 4.79 Å². The summed E-state index contributed by atoms with van der Waals surface area (Å²) in [7, 11) is 0. The van der Waals surface area contributed by atoms with Crippen LogP contribution in [-0.4, -0.2) is 17.6 Å². The van der Waals surface area contributed by atoms with E-state index in [-0.39, 0.29) is 18.4 Å². The molecule has 0 aliphatic rings. The molecule has 15 heavy (non-hydrogen) atoms. The summed E-state index contributed by atoms with van der Waals surface area (Å²) in [4.78, 5) is 15.4. The van der Waals surface area contributed by atoms with Gasteiger partial charge in [-0.2, -0.15) is 0 Å². The molecule has 1 rings (SSSR count). The van der Waals surface area contributed by atoms with Crippen LogP contribution in [0.3, 0.4) is 0 Å². The lowest BCUT2D eigenvalue weighted by molar-refractivity contribution is 0.0525. The average Bonchev–Trinajstić information content (AvgIpc) is 2.18. The third-order valence-electron chi connectivity index (χ3n) is 1.82. The molecular formula is C10H13Cl2NO2. The number of esters is 1. The average molecular weight is 250 g/mol. The SMILES string of the molecule is CCOC(=O)c1cnc(CCl)c(C)c1.Cl. The van der Waals surface area contributed by atoms with Gasteiger partial charge in [-0.1, -0.05) is 0 Å². The number of rotatable bonds is 3. The Labute approximate surface area is 100 Å². The smallest absolute Gasteiger partial charge is 0.339 e. The van der Waals surface area contributed by atoms with Crippen LogP contribution in [0.1, 0.15) is 28.5 Å². The fourth-order valence-electron chi connectivity index (χ4n) is 1.07. The van der Waals surface area contributed by atoms with Crippen LogP contribution in [0.15, 0.2) is 12.3 Å². The summed E-state index contributed by atoms with van der Waals surface area (Å²) in [6.45, 7) is 4.01. The maximum absolute atomic E-state index is 11.3. The van der Waals surface area contributed by atoms with Gasteiger partial charge in [-0.05, 0) is 25.5 Å². The van der Waals surface area contributed by atoms with Crippen LogP contribution in [0.2, 0.25) is 0 Å². The minimum atomic E-state index is -0.343. The van der Waals surface area contributed by atoms with Crippen molar-refractivity contribution in [2.24, 2.45) is 0 Å². The Morgan fingerprint density at radius 2 is 2.27 bits per heavy atom. The highest BCUT2D eigenvalue weighted by Crippen LogP contribution is 2.10. The molecule has 0 radical (unpaired) electrons. The highest BCUT2D eigenvalue weighted by Gasteiger charge is 2.08. The molecule has 0 saturated carbocycles. The van der Waals surface area contributed by atoms with Gasteiger partial charge in [0.2, 0.25) is 0 Å². The Hall–Kier alpha value is -0.800. The van der Waals surface area contributed by atoms with E-state index in [4.69, 9.17) is 16.3 Å². The normalized spacial score (nSPS) is 9.27. The second-order valence-corrected chi connectivity index (χ2v) is 3.11. The van der Waals surface area contributed by atoms with Crippen molar-refractivity contribution in [1.29, 1.82) is 0 Å². The molecule has 3 nitrogen and oxygen atoms in total. The second kappa shape index (κ2) is 6.64. The number of hydrogen-bond donors (Lipinski definition) is 0. The van der Waals surface area contributed by atoms with Crippen LogP contribution in [0.4, 0.5) is 0 Å². The Bertz CT molecular complexity index is 342. The molecule has 84 valence electrons. The van der Waals surface area contributed by atoms with Crippen molar-refractivity contribution in [3.8, 4) is 0 Å². The Kier molecular flexibility index (Phi) is 6.29. The number of carbonyl (C=O) groups is 1. The van der Waals surface area contributed by atoms with E-state index in [1.165, 1.54) is 6.20 Å². The van der Waals surface area contributed by atoms with Gasteiger partial charge in [0.25, 0.3) is 0 Å².